The summed E-state index contributed by atoms with van der Waals surface area (Å²) in [5.41, 5.74) is -0.719. The maximum atomic E-state index is 13.0. The summed E-state index contributed by atoms with van der Waals surface area (Å²) in [5, 5.41) is 12.2. The number of carbonyl (C=O) groups is 3. The van der Waals surface area contributed by atoms with E-state index in [-0.39, 0.29) is 29.1 Å². The highest BCUT2D eigenvalue weighted by Crippen LogP contribution is 2.64. The molecule has 0 bridgehead atoms. The summed E-state index contributed by atoms with van der Waals surface area (Å²) in [6.07, 6.45) is -0.670. The lowest BCUT2D eigenvalue weighted by molar-refractivity contribution is -0.151. The van der Waals surface area contributed by atoms with E-state index in [1.165, 1.54) is 4.90 Å². The number of carboxylic acid groups (broad SMARTS) is 1. The Morgan fingerprint density at radius 2 is 1.80 bits per heavy atom. The summed E-state index contributed by atoms with van der Waals surface area (Å²) in [6.45, 7) is 13.4. The first-order chi connectivity index (χ1) is 11.3. The third kappa shape index (κ3) is 3.75. The van der Waals surface area contributed by atoms with E-state index in [1.807, 2.05) is 27.7 Å². The predicted octanol–water partition coefficient (Wildman–Crippen LogP) is 2.10. The minimum atomic E-state index is -0.980. The molecule has 25 heavy (non-hydrogen) atoms. The highest BCUT2D eigenvalue weighted by atomic mass is 16.6. The van der Waals surface area contributed by atoms with Gasteiger partial charge in [0.05, 0.1) is 0 Å². The summed E-state index contributed by atoms with van der Waals surface area (Å²) in [5.74, 6) is -1.34. The topological polar surface area (TPSA) is 95.9 Å². The average Bonchev–Trinajstić information content (AvgIpc) is 2.82. The number of ether oxygens (including phenoxy) is 1. The molecule has 0 spiro atoms. The van der Waals surface area contributed by atoms with Gasteiger partial charge in [-0.3, -0.25) is 4.79 Å². The van der Waals surface area contributed by atoms with Crippen molar-refractivity contribution in [2.75, 3.05) is 6.54 Å². The van der Waals surface area contributed by atoms with Gasteiger partial charge in [0.2, 0.25) is 5.91 Å². The van der Waals surface area contributed by atoms with Crippen LogP contribution in [0.1, 0.15) is 48.5 Å². The molecule has 0 radical (unpaired) electrons. The molecule has 2 N–H and O–H groups in total. The lowest BCUT2D eigenvalue weighted by atomic mass is 9.98. The number of piperidine rings is 1. The van der Waals surface area contributed by atoms with Crippen LogP contribution in [0.5, 0.6) is 0 Å². The Hall–Kier alpha value is -1.79. The fourth-order valence-electron chi connectivity index (χ4n) is 3.92. The van der Waals surface area contributed by atoms with Gasteiger partial charge in [0.15, 0.2) is 0 Å². The maximum Gasteiger partial charge on any atom is 0.408 e. The molecule has 0 aromatic heterocycles. The van der Waals surface area contributed by atoms with Gasteiger partial charge < -0.3 is 20.1 Å². The first kappa shape index (κ1) is 19.5. The number of rotatable bonds is 4. The van der Waals surface area contributed by atoms with Gasteiger partial charge in [0, 0.05) is 12.5 Å². The van der Waals surface area contributed by atoms with E-state index in [2.05, 4.69) is 5.32 Å². The van der Waals surface area contributed by atoms with Gasteiger partial charge in [0.1, 0.15) is 17.7 Å². The number of aliphatic carboxylic acids is 1. The average molecular weight is 354 g/mol. The quantitative estimate of drug-likeness (QED) is 0.806. The molecule has 7 nitrogen and oxygen atoms in total. The zero-order valence-corrected chi connectivity index (χ0v) is 16.1. The van der Waals surface area contributed by atoms with Crippen molar-refractivity contribution in [1.82, 2.24) is 10.2 Å². The second kappa shape index (κ2) is 6.18. The zero-order chi connectivity index (χ0) is 19.3. The third-order valence-corrected chi connectivity index (χ3v) is 5.35. The van der Waals surface area contributed by atoms with E-state index in [4.69, 9.17) is 4.74 Å². The van der Waals surface area contributed by atoms with Crippen molar-refractivity contribution in [3.8, 4) is 0 Å². The maximum absolute atomic E-state index is 13.0. The Morgan fingerprint density at radius 3 is 2.24 bits per heavy atom. The van der Waals surface area contributed by atoms with Crippen molar-refractivity contribution in [3.63, 3.8) is 0 Å². The number of amides is 2. The molecule has 7 heteroatoms. The Morgan fingerprint density at radius 1 is 1.24 bits per heavy atom. The summed E-state index contributed by atoms with van der Waals surface area (Å²) < 4.78 is 5.23. The SMILES string of the molecule is CC(C)C(NC(=O)OC(C)(C)C)C(=O)N1C[C@H]2[C@@H]([C@H]1C(=O)O)C2(C)C. The van der Waals surface area contributed by atoms with Gasteiger partial charge >= 0.3 is 12.1 Å². The summed E-state index contributed by atoms with van der Waals surface area (Å²) >= 11 is 0. The van der Waals surface area contributed by atoms with Crippen LogP contribution in [0, 0.1) is 23.2 Å². The van der Waals surface area contributed by atoms with Crippen molar-refractivity contribution in [2.24, 2.45) is 23.2 Å². The zero-order valence-electron chi connectivity index (χ0n) is 16.1. The van der Waals surface area contributed by atoms with Crippen LogP contribution in [0.4, 0.5) is 4.79 Å². The molecule has 2 fully saturated rings. The minimum absolute atomic E-state index is 0.0247. The third-order valence-electron chi connectivity index (χ3n) is 5.35. The molecule has 1 heterocycles. The van der Waals surface area contributed by atoms with Crippen molar-refractivity contribution in [2.45, 2.75) is 66.2 Å². The number of fused-ring (bicyclic) bond motifs is 1. The second-order valence-corrected chi connectivity index (χ2v) is 9.10. The monoisotopic (exact) mass is 354 g/mol. The molecule has 4 atom stereocenters. The lowest BCUT2D eigenvalue weighted by Gasteiger charge is -2.33. The molecule has 1 unspecified atom stereocenters. The first-order valence-electron chi connectivity index (χ1n) is 8.80. The molecule has 2 amide bonds. The number of carboxylic acids is 1. The molecular formula is C18H30N2O5. The number of hydrogen-bond acceptors (Lipinski definition) is 4. The molecule has 1 saturated carbocycles. The van der Waals surface area contributed by atoms with Crippen LogP contribution in [0.3, 0.4) is 0 Å². The second-order valence-electron chi connectivity index (χ2n) is 9.10. The van der Waals surface area contributed by atoms with Gasteiger partial charge in [-0.2, -0.15) is 0 Å². The van der Waals surface area contributed by atoms with Crippen LogP contribution >= 0.6 is 0 Å². The number of nitrogens with zero attached hydrogens (tertiary/aromatic N) is 1. The highest BCUT2D eigenvalue weighted by molar-refractivity contribution is 5.90. The molecule has 0 aromatic rings. The Labute approximate surface area is 149 Å². The van der Waals surface area contributed by atoms with E-state index >= 15 is 0 Å². The molecule has 1 aliphatic heterocycles. The molecular weight excluding hydrogens is 324 g/mol. The number of carbonyl (C=O) groups excluding carboxylic acids is 2. The molecule has 1 saturated heterocycles. The Balaban J connectivity index is 2.13. The lowest BCUT2D eigenvalue weighted by Crippen LogP contribution is -2.56. The van der Waals surface area contributed by atoms with Gasteiger partial charge in [-0.05, 0) is 38.0 Å². The number of alkyl carbamates (subject to hydrolysis) is 1. The van der Waals surface area contributed by atoms with Crippen LogP contribution in [-0.4, -0.2) is 52.2 Å². The standard InChI is InChI=1S/C18H30N2O5/c1-9(2)12(19-16(24)25-17(3,4)5)14(21)20-8-10-11(18(10,6)7)13(20)15(22)23/h9-13H,8H2,1-7H3,(H,19,24)(H,22,23)/t10-,11-,12?,13-/m0/s1. The van der Waals surface area contributed by atoms with Gasteiger partial charge in [-0.1, -0.05) is 27.7 Å². The summed E-state index contributed by atoms with van der Waals surface area (Å²) in [4.78, 5) is 38.2. The van der Waals surface area contributed by atoms with Gasteiger partial charge in [-0.15, -0.1) is 0 Å². The number of likely N-dealkylation sites (tertiary alicyclic amines) is 1. The van der Waals surface area contributed by atoms with E-state index in [0.29, 0.717) is 6.54 Å². The molecule has 2 aliphatic rings. The summed E-state index contributed by atoms with van der Waals surface area (Å²) in [6, 6.07) is -1.63. The smallest absolute Gasteiger partial charge is 0.408 e. The van der Waals surface area contributed by atoms with Gasteiger partial charge in [-0.25, -0.2) is 9.59 Å². The van der Waals surface area contributed by atoms with Crippen LogP contribution in [-0.2, 0) is 14.3 Å². The Bertz CT molecular complexity index is 579. The molecule has 142 valence electrons. The number of hydrogen-bond donors (Lipinski definition) is 2. The van der Waals surface area contributed by atoms with E-state index in [1.54, 1.807) is 20.8 Å². The van der Waals surface area contributed by atoms with E-state index in [0.717, 1.165) is 0 Å². The molecule has 2 rings (SSSR count). The van der Waals surface area contributed by atoms with Crippen LogP contribution in [0.2, 0.25) is 0 Å². The predicted molar refractivity (Wildman–Crippen MR) is 91.9 cm³/mol. The van der Waals surface area contributed by atoms with Crippen molar-refractivity contribution in [1.29, 1.82) is 0 Å². The van der Waals surface area contributed by atoms with Crippen molar-refractivity contribution in [3.05, 3.63) is 0 Å². The first-order valence-corrected chi connectivity index (χ1v) is 8.80. The fourth-order valence-corrected chi connectivity index (χ4v) is 3.92. The normalized spacial score (nSPS) is 28.3. The van der Waals surface area contributed by atoms with Crippen LogP contribution in [0.15, 0.2) is 0 Å². The number of nitrogens with one attached hydrogen (secondary N) is 1. The van der Waals surface area contributed by atoms with Crippen molar-refractivity contribution < 1.29 is 24.2 Å². The van der Waals surface area contributed by atoms with E-state index < -0.39 is 29.7 Å². The Kier molecular flexibility index (Phi) is 4.83. The minimum Gasteiger partial charge on any atom is -0.480 e. The molecule has 0 aromatic carbocycles. The van der Waals surface area contributed by atoms with Crippen LogP contribution in [0.25, 0.3) is 0 Å². The fraction of sp³-hybridized carbons (Fsp3) is 0.833. The largest absolute Gasteiger partial charge is 0.480 e. The van der Waals surface area contributed by atoms with E-state index in [9.17, 15) is 19.5 Å². The van der Waals surface area contributed by atoms with Crippen molar-refractivity contribution >= 4 is 18.0 Å². The summed E-state index contributed by atoms with van der Waals surface area (Å²) in [7, 11) is 0. The molecule has 1 aliphatic carbocycles. The highest BCUT2D eigenvalue weighted by Gasteiger charge is 2.69. The van der Waals surface area contributed by atoms with Gasteiger partial charge in [0.25, 0.3) is 0 Å². The van der Waals surface area contributed by atoms with Crippen LogP contribution < -0.4 is 5.32 Å².